The van der Waals surface area contributed by atoms with E-state index in [1.54, 1.807) is 12.5 Å². The van der Waals surface area contributed by atoms with Crippen LogP contribution in [0.5, 0.6) is 0 Å². The fraction of sp³-hybridized carbons (Fsp3) is 0.775. The molecule has 2 aromatic rings. The molecule has 0 aliphatic heterocycles. The second kappa shape index (κ2) is 17.2. The van der Waals surface area contributed by atoms with E-state index in [1.807, 2.05) is 6.07 Å². The summed E-state index contributed by atoms with van der Waals surface area (Å²) in [5, 5.41) is 3.80. The van der Waals surface area contributed by atoms with Gasteiger partial charge in [0.2, 0.25) is 22.4 Å². The molecule has 0 spiro atoms. The van der Waals surface area contributed by atoms with Crippen molar-refractivity contribution in [2.24, 2.45) is 5.92 Å². The van der Waals surface area contributed by atoms with Crippen LogP contribution in [0.4, 0.5) is 5.82 Å². The number of carbonyl (C=O) groups is 1. The van der Waals surface area contributed by atoms with Gasteiger partial charge < -0.3 is 23.0 Å². The Labute approximate surface area is 314 Å². The molecule has 0 amide bonds. The van der Waals surface area contributed by atoms with Crippen molar-refractivity contribution in [2.45, 2.75) is 187 Å². The highest BCUT2D eigenvalue weighted by atomic mass is 28.4. The minimum atomic E-state index is -2.15. The summed E-state index contributed by atoms with van der Waals surface area (Å²) in [5.41, 5.74) is 4.15. The molecule has 1 fully saturated rings. The van der Waals surface area contributed by atoms with Crippen molar-refractivity contribution in [1.82, 2.24) is 9.97 Å². The first-order valence-electron chi connectivity index (χ1n) is 19.6. The zero-order chi connectivity index (χ0) is 38.7. The smallest absolute Gasteiger partial charge is 0.233 e. The molecule has 11 heteroatoms. The molecule has 0 radical (unpaired) electrons. The van der Waals surface area contributed by atoms with Crippen LogP contribution in [-0.2, 0) is 19.9 Å². The molecule has 0 bridgehead atoms. The zero-order valence-corrected chi connectivity index (χ0v) is 38.3. The van der Waals surface area contributed by atoms with Gasteiger partial charge in [-0.25, -0.2) is 9.97 Å². The molecule has 1 saturated carbocycles. The SMILES string of the molecule is CC(C)[Si](OCc1coc(C(=O)c2cncnc2N[C@@H]2C[C@H](CO[Si](C)(C)C(C)(C)C)[C@@H](O[Si](C(C)C)(C(C)C)C(C)C)C2)c1)(C(C)C)C(C)C. The number of furan rings is 1. The van der Waals surface area contributed by atoms with Crippen LogP contribution in [0.3, 0.4) is 0 Å². The minimum Gasteiger partial charge on any atom is -0.460 e. The summed E-state index contributed by atoms with van der Waals surface area (Å²) in [6.07, 6.45) is 6.54. The van der Waals surface area contributed by atoms with E-state index in [0.717, 1.165) is 18.4 Å². The van der Waals surface area contributed by atoms with E-state index in [1.165, 1.54) is 6.33 Å². The molecule has 290 valence electrons. The van der Waals surface area contributed by atoms with Crippen LogP contribution in [-0.4, -0.2) is 59.5 Å². The van der Waals surface area contributed by atoms with E-state index in [-0.39, 0.29) is 34.6 Å². The van der Waals surface area contributed by atoms with E-state index in [4.69, 9.17) is 17.7 Å². The molecule has 8 nitrogen and oxygen atoms in total. The van der Waals surface area contributed by atoms with Crippen molar-refractivity contribution in [3.63, 3.8) is 0 Å². The quantitative estimate of drug-likeness (QED) is 0.119. The van der Waals surface area contributed by atoms with Crippen LogP contribution < -0.4 is 5.32 Å². The van der Waals surface area contributed by atoms with E-state index in [2.05, 4.69) is 132 Å². The Balaban J connectivity index is 1.86. The number of carbonyl (C=O) groups excluding carboxylic acids is 1. The Morgan fingerprint density at radius 1 is 0.863 bits per heavy atom. The second-order valence-corrected chi connectivity index (χ2v) is 34.3. The van der Waals surface area contributed by atoms with Crippen molar-refractivity contribution in [3.8, 4) is 0 Å². The molecule has 0 unspecified atom stereocenters. The third kappa shape index (κ3) is 9.54. The van der Waals surface area contributed by atoms with Crippen molar-refractivity contribution in [1.29, 1.82) is 0 Å². The zero-order valence-electron chi connectivity index (χ0n) is 35.3. The molecule has 1 aliphatic rings. The largest absolute Gasteiger partial charge is 0.460 e. The lowest BCUT2D eigenvalue weighted by Gasteiger charge is -2.45. The normalized spacial score (nSPS) is 19.5. The monoisotopic (exact) mass is 759 g/mol. The van der Waals surface area contributed by atoms with Crippen molar-refractivity contribution < 1.29 is 22.5 Å². The lowest BCUT2D eigenvalue weighted by atomic mass is 10.1. The van der Waals surface area contributed by atoms with Crippen LogP contribution in [0.15, 0.2) is 29.3 Å². The summed E-state index contributed by atoms with van der Waals surface area (Å²) in [5.74, 6) is 0.808. The van der Waals surface area contributed by atoms with Gasteiger partial charge in [-0.2, -0.15) is 0 Å². The first kappa shape index (κ1) is 43.8. The second-order valence-electron chi connectivity index (χ2n) is 18.7. The van der Waals surface area contributed by atoms with Gasteiger partial charge >= 0.3 is 0 Å². The molecule has 2 heterocycles. The minimum absolute atomic E-state index is 0.0675. The van der Waals surface area contributed by atoms with E-state index < -0.39 is 25.0 Å². The molecule has 1 aliphatic carbocycles. The Hall–Kier alpha value is -1.64. The van der Waals surface area contributed by atoms with Crippen LogP contribution in [0.1, 0.15) is 138 Å². The number of rotatable bonds is 18. The number of hydrogen-bond donors (Lipinski definition) is 1. The van der Waals surface area contributed by atoms with Crippen molar-refractivity contribution in [3.05, 3.63) is 41.7 Å². The number of ketones is 1. The van der Waals surface area contributed by atoms with E-state index >= 15 is 0 Å². The summed E-state index contributed by atoms with van der Waals surface area (Å²) >= 11 is 0. The van der Waals surface area contributed by atoms with Crippen molar-refractivity contribution in [2.75, 3.05) is 11.9 Å². The number of anilines is 1. The Morgan fingerprint density at radius 2 is 1.41 bits per heavy atom. The average Bonchev–Trinajstić information content (AvgIpc) is 3.64. The molecule has 51 heavy (non-hydrogen) atoms. The van der Waals surface area contributed by atoms with Gasteiger partial charge in [-0.15, -0.1) is 0 Å². The molecular weight excluding hydrogens is 687 g/mol. The summed E-state index contributed by atoms with van der Waals surface area (Å²) < 4.78 is 27.0. The highest BCUT2D eigenvalue weighted by Crippen LogP contribution is 2.47. The van der Waals surface area contributed by atoms with Crippen LogP contribution in [0, 0.1) is 5.92 Å². The molecule has 1 N–H and O–H groups in total. The number of aromatic nitrogens is 2. The topological polar surface area (TPSA) is 95.7 Å². The third-order valence-electron chi connectivity index (χ3n) is 12.5. The Bertz CT molecular complexity index is 1370. The molecule has 3 rings (SSSR count). The number of nitrogens with zero attached hydrogens (tertiary/aromatic N) is 2. The van der Waals surface area contributed by atoms with Gasteiger partial charge in [-0.3, -0.25) is 4.79 Å². The van der Waals surface area contributed by atoms with Gasteiger partial charge in [-0.1, -0.05) is 104 Å². The summed E-state index contributed by atoms with van der Waals surface area (Å²) in [4.78, 5) is 22.8. The molecule has 2 aromatic heterocycles. The third-order valence-corrected chi connectivity index (χ3v) is 29.2. The molecule has 0 saturated heterocycles. The molecule has 0 aromatic carbocycles. The van der Waals surface area contributed by atoms with Crippen LogP contribution in [0.2, 0.25) is 51.4 Å². The maximum Gasteiger partial charge on any atom is 0.233 e. The highest BCUT2D eigenvalue weighted by Gasteiger charge is 2.50. The predicted molar refractivity (Wildman–Crippen MR) is 219 cm³/mol. The van der Waals surface area contributed by atoms with Gasteiger partial charge in [0.25, 0.3) is 0 Å². The fourth-order valence-corrected chi connectivity index (χ4v) is 21.1. The number of hydrogen-bond acceptors (Lipinski definition) is 8. The first-order valence-corrected chi connectivity index (χ1v) is 26.8. The van der Waals surface area contributed by atoms with Crippen LogP contribution in [0.25, 0.3) is 0 Å². The standard InChI is InChI=1S/C40H73N3O5Si3/c1-26(2)50(27(3)4,28(5)6)47-23-32-18-37(45-22-32)38(44)35-21-41-25-42-39(35)43-34-19-33(24-46-49(16,17)40(13,14)15)36(20-34)48-51(29(7)8,30(9)10)31(11)12/h18,21-22,25-31,33-34,36H,19-20,23-24H2,1-17H3,(H,41,42,43)/t33-,34-,36+/m1/s1. The van der Waals surface area contributed by atoms with Gasteiger partial charge in [-0.05, 0) is 70.3 Å². The van der Waals surface area contributed by atoms with Gasteiger partial charge in [0.1, 0.15) is 12.1 Å². The Kier molecular flexibility index (Phi) is 14.8. The van der Waals surface area contributed by atoms with Crippen molar-refractivity contribution >= 4 is 36.6 Å². The predicted octanol–water partition coefficient (Wildman–Crippen LogP) is 11.8. The average molecular weight is 760 g/mol. The van der Waals surface area contributed by atoms with Crippen LogP contribution >= 0.6 is 0 Å². The molecule has 3 atom stereocenters. The molecular formula is C40H73N3O5Si3. The van der Waals surface area contributed by atoms with E-state index in [0.29, 0.717) is 57.8 Å². The summed E-state index contributed by atoms with van der Waals surface area (Å²) in [6.45, 7) is 40.4. The van der Waals surface area contributed by atoms with Gasteiger partial charge in [0, 0.05) is 30.3 Å². The maximum atomic E-state index is 13.9. The van der Waals surface area contributed by atoms with Gasteiger partial charge in [0.05, 0.1) is 24.5 Å². The Morgan fingerprint density at radius 3 is 1.92 bits per heavy atom. The summed E-state index contributed by atoms with van der Waals surface area (Å²) in [6, 6.07) is 1.89. The number of nitrogens with one attached hydrogen (secondary N) is 1. The van der Waals surface area contributed by atoms with E-state index in [9.17, 15) is 4.79 Å². The first-order chi connectivity index (χ1) is 23.5. The van der Waals surface area contributed by atoms with Gasteiger partial charge in [0.15, 0.2) is 14.1 Å². The lowest BCUT2D eigenvalue weighted by molar-refractivity contribution is 0.0971. The summed E-state index contributed by atoms with van der Waals surface area (Å²) in [7, 11) is -6.18. The highest BCUT2D eigenvalue weighted by molar-refractivity contribution is 6.78. The lowest BCUT2D eigenvalue weighted by Crippen LogP contribution is -2.51. The fourth-order valence-electron chi connectivity index (χ4n) is 8.94. The maximum absolute atomic E-state index is 13.9.